The van der Waals surface area contributed by atoms with Gasteiger partial charge in [-0.25, -0.2) is 14.8 Å². The topological polar surface area (TPSA) is 88.2 Å². The van der Waals surface area contributed by atoms with Crippen LogP contribution in [0.3, 0.4) is 0 Å². The number of hydrogen-bond donors (Lipinski definition) is 3. The molecule has 0 unspecified atom stereocenters. The van der Waals surface area contributed by atoms with Crippen molar-refractivity contribution in [1.29, 1.82) is 0 Å². The van der Waals surface area contributed by atoms with Crippen molar-refractivity contribution >= 4 is 28.9 Å². The van der Waals surface area contributed by atoms with Gasteiger partial charge in [-0.1, -0.05) is 51.1 Å². The second-order valence-electron chi connectivity index (χ2n) is 9.38. The summed E-state index contributed by atoms with van der Waals surface area (Å²) in [6.07, 6.45) is -1.62. The summed E-state index contributed by atoms with van der Waals surface area (Å²) >= 11 is 0. The van der Waals surface area contributed by atoms with Crippen LogP contribution in [-0.4, -0.2) is 16.0 Å². The van der Waals surface area contributed by atoms with Crippen molar-refractivity contribution in [3.05, 3.63) is 96.3 Å². The molecule has 2 aromatic heterocycles. The van der Waals surface area contributed by atoms with Gasteiger partial charge in [-0.15, -0.1) is 0 Å². The van der Waals surface area contributed by atoms with E-state index in [0.29, 0.717) is 17.1 Å². The average Bonchev–Trinajstić information content (AvgIpc) is 2.86. The summed E-state index contributed by atoms with van der Waals surface area (Å²) in [6.45, 7) is 6.22. The minimum atomic E-state index is -4.51. The number of alkyl halides is 3. The lowest BCUT2D eigenvalue weighted by Gasteiger charge is -2.22. The number of pyridine rings is 2. The highest BCUT2D eigenvalue weighted by molar-refractivity contribution is 6.00. The van der Waals surface area contributed by atoms with Crippen molar-refractivity contribution < 1.29 is 22.7 Å². The SMILES string of the molecule is CC(C)(C)c1ccccc1Oc1ncccc1NC(=O)Nc1ccc(Nc2ccccc2C(F)(F)F)nc1. The van der Waals surface area contributed by atoms with Crippen LogP contribution < -0.4 is 20.7 Å². The number of benzene rings is 2. The zero-order chi connectivity index (χ0) is 27.3. The lowest BCUT2D eigenvalue weighted by molar-refractivity contribution is -0.136. The number of amides is 2. The van der Waals surface area contributed by atoms with E-state index in [1.807, 2.05) is 24.3 Å². The Kier molecular flexibility index (Phi) is 7.52. The first-order valence-corrected chi connectivity index (χ1v) is 11.7. The first-order valence-electron chi connectivity index (χ1n) is 11.7. The lowest BCUT2D eigenvalue weighted by atomic mass is 9.86. The Morgan fingerprint density at radius 1 is 0.789 bits per heavy atom. The van der Waals surface area contributed by atoms with Gasteiger partial charge in [0.2, 0.25) is 5.88 Å². The molecule has 0 fully saturated rings. The number of ether oxygens (including phenoxy) is 1. The van der Waals surface area contributed by atoms with E-state index in [1.54, 1.807) is 18.3 Å². The Balaban J connectivity index is 1.43. The average molecular weight is 522 g/mol. The molecule has 7 nitrogen and oxygen atoms in total. The highest BCUT2D eigenvalue weighted by atomic mass is 19.4. The van der Waals surface area contributed by atoms with Crippen LogP contribution in [0.4, 0.5) is 40.8 Å². The van der Waals surface area contributed by atoms with E-state index in [4.69, 9.17) is 4.74 Å². The van der Waals surface area contributed by atoms with Crippen molar-refractivity contribution in [3.8, 4) is 11.6 Å². The van der Waals surface area contributed by atoms with Gasteiger partial charge in [-0.3, -0.25) is 0 Å². The van der Waals surface area contributed by atoms with E-state index in [1.165, 1.54) is 36.5 Å². The second-order valence-corrected chi connectivity index (χ2v) is 9.38. The Labute approximate surface area is 218 Å². The Bertz CT molecular complexity index is 1420. The Morgan fingerprint density at radius 2 is 1.47 bits per heavy atom. The molecule has 196 valence electrons. The summed E-state index contributed by atoms with van der Waals surface area (Å²) in [6, 6.07) is 18.5. The minimum Gasteiger partial charge on any atom is -0.437 e. The molecule has 3 N–H and O–H groups in total. The van der Waals surface area contributed by atoms with E-state index >= 15 is 0 Å². The van der Waals surface area contributed by atoms with Crippen molar-refractivity contribution in [2.45, 2.75) is 32.4 Å². The predicted octanol–water partition coefficient (Wildman–Crippen LogP) is 7.97. The highest BCUT2D eigenvalue weighted by Crippen LogP contribution is 2.36. The van der Waals surface area contributed by atoms with Crippen LogP contribution >= 0.6 is 0 Å². The van der Waals surface area contributed by atoms with Crippen LogP contribution in [-0.2, 0) is 11.6 Å². The van der Waals surface area contributed by atoms with Crippen LogP contribution in [0.5, 0.6) is 11.6 Å². The number of para-hydroxylation sites is 2. The summed E-state index contributed by atoms with van der Waals surface area (Å²) in [4.78, 5) is 21.0. The van der Waals surface area contributed by atoms with Crippen LogP contribution in [0.2, 0.25) is 0 Å². The molecule has 10 heteroatoms. The van der Waals surface area contributed by atoms with Crippen LogP contribution in [0, 0.1) is 0 Å². The number of aromatic nitrogens is 2. The third-order valence-corrected chi connectivity index (χ3v) is 5.44. The van der Waals surface area contributed by atoms with Gasteiger partial charge in [-0.2, -0.15) is 13.2 Å². The fraction of sp³-hybridized carbons (Fsp3) is 0.179. The van der Waals surface area contributed by atoms with E-state index < -0.39 is 17.8 Å². The first kappa shape index (κ1) is 26.5. The van der Waals surface area contributed by atoms with Crippen molar-refractivity contribution in [2.75, 3.05) is 16.0 Å². The van der Waals surface area contributed by atoms with E-state index in [0.717, 1.165) is 11.6 Å². The molecule has 0 radical (unpaired) electrons. The molecule has 0 atom stereocenters. The van der Waals surface area contributed by atoms with E-state index in [2.05, 4.69) is 46.7 Å². The summed E-state index contributed by atoms with van der Waals surface area (Å²) < 4.78 is 45.8. The van der Waals surface area contributed by atoms with Crippen LogP contribution in [0.1, 0.15) is 31.9 Å². The molecule has 4 aromatic rings. The molecule has 2 heterocycles. The van der Waals surface area contributed by atoms with Crippen molar-refractivity contribution in [3.63, 3.8) is 0 Å². The number of halogens is 3. The molecular formula is C28H26F3N5O2. The predicted molar refractivity (Wildman–Crippen MR) is 141 cm³/mol. The standard InChI is InChI=1S/C28H26F3N5O2/c1-27(2,3)20-10-5-7-13-23(20)38-25-22(12-8-16-32-25)36-26(37)34-18-14-15-24(33-17-18)35-21-11-6-4-9-19(21)28(29,30)31/h4-17H,1-3H3,(H,33,35)(H2,34,36,37). The summed E-state index contributed by atoms with van der Waals surface area (Å²) in [5.74, 6) is 1.04. The molecule has 4 rings (SSSR count). The van der Waals surface area contributed by atoms with Gasteiger partial charge in [0.05, 0.1) is 23.1 Å². The van der Waals surface area contributed by atoms with Gasteiger partial charge < -0.3 is 20.7 Å². The molecule has 2 amide bonds. The molecular weight excluding hydrogens is 495 g/mol. The largest absolute Gasteiger partial charge is 0.437 e. The zero-order valence-electron chi connectivity index (χ0n) is 20.9. The van der Waals surface area contributed by atoms with E-state index in [-0.39, 0.29) is 22.8 Å². The van der Waals surface area contributed by atoms with Crippen LogP contribution in [0.15, 0.2) is 85.2 Å². The van der Waals surface area contributed by atoms with E-state index in [9.17, 15) is 18.0 Å². The van der Waals surface area contributed by atoms with Gasteiger partial charge in [0.25, 0.3) is 0 Å². The Hall–Kier alpha value is -4.60. The molecule has 0 saturated carbocycles. The van der Waals surface area contributed by atoms with Crippen molar-refractivity contribution in [2.24, 2.45) is 0 Å². The van der Waals surface area contributed by atoms with Crippen LogP contribution in [0.25, 0.3) is 0 Å². The number of nitrogens with one attached hydrogen (secondary N) is 3. The minimum absolute atomic E-state index is 0.122. The fourth-order valence-electron chi connectivity index (χ4n) is 3.65. The molecule has 38 heavy (non-hydrogen) atoms. The van der Waals surface area contributed by atoms with Gasteiger partial charge in [0, 0.05) is 11.8 Å². The molecule has 0 spiro atoms. The molecule has 2 aromatic carbocycles. The maximum absolute atomic E-state index is 13.2. The first-order chi connectivity index (χ1) is 18.0. The van der Waals surface area contributed by atoms with Gasteiger partial charge in [0.15, 0.2) is 0 Å². The molecule has 0 aliphatic heterocycles. The van der Waals surface area contributed by atoms with Gasteiger partial charge >= 0.3 is 12.2 Å². The monoisotopic (exact) mass is 521 g/mol. The van der Waals surface area contributed by atoms with Crippen molar-refractivity contribution in [1.82, 2.24) is 9.97 Å². The molecule has 0 aliphatic carbocycles. The third kappa shape index (κ3) is 6.58. The zero-order valence-corrected chi connectivity index (χ0v) is 20.9. The smallest absolute Gasteiger partial charge is 0.418 e. The fourth-order valence-corrected chi connectivity index (χ4v) is 3.65. The molecule has 0 saturated heterocycles. The second kappa shape index (κ2) is 10.8. The number of carbonyl (C=O) groups excluding carboxylic acids is 1. The normalized spacial score (nSPS) is 11.5. The summed E-state index contributed by atoms with van der Waals surface area (Å²) in [7, 11) is 0. The number of rotatable bonds is 6. The maximum atomic E-state index is 13.2. The highest BCUT2D eigenvalue weighted by Gasteiger charge is 2.33. The number of carbonyl (C=O) groups is 1. The Morgan fingerprint density at radius 3 is 2.16 bits per heavy atom. The molecule has 0 bridgehead atoms. The lowest BCUT2D eigenvalue weighted by Crippen LogP contribution is -2.20. The number of hydrogen-bond acceptors (Lipinski definition) is 5. The summed E-state index contributed by atoms with van der Waals surface area (Å²) in [5.41, 5.74) is 0.578. The third-order valence-electron chi connectivity index (χ3n) is 5.44. The maximum Gasteiger partial charge on any atom is 0.418 e. The van der Waals surface area contributed by atoms with Gasteiger partial charge in [0.1, 0.15) is 17.3 Å². The quantitative estimate of drug-likeness (QED) is 0.239. The number of urea groups is 1. The van der Waals surface area contributed by atoms with Gasteiger partial charge in [-0.05, 0) is 47.9 Å². The number of anilines is 4. The number of nitrogens with zero attached hydrogens (tertiary/aromatic N) is 2. The summed E-state index contributed by atoms with van der Waals surface area (Å²) in [5, 5.41) is 8.01. The molecule has 0 aliphatic rings.